The minimum Gasteiger partial charge on any atom is -0.465 e. The molecule has 0 unspecified atom stereocenters. The van der Waals surface area contributed by atoms with Crippen LogP contribution >= 0.6 is 0 Å². The largest absolute Gasteiger partial charge is 0.465 e. The lowest BCUT2D eigenvalue weighted by atomic mass is 10.2. The van der Waals surface area contributed by atoms with Crippen molar-refractivity contribution in [2.45, 2.75) is 13.8 Å². The second kappa shape index (κ2) is 6.60. The maximum Gasteiger partial charge on any atom is 0.342 e. The number of nitrogens with one attached hydrogen (secondary N) is 2. The van der Waals surface area contributed by atoms with Gasteiger partial charge in [-0.2, -0.15) is 0 Å². The highest BCUT2D eigenvalue weighted by Crippen LogP contribution is 2.20. The van der Waals surface area contributed by atoms with Gasteiger partial charge in [0.2, 0.25) is 5.91 Å². The van der Waals surface area contributed by atoms with E-state index in [-0.39, 0.29) is 12.5 Å². The Balaban J connectivity index is 2.09. The maximum atomic E-state index is 11.8. The van der Waals surface area contributed by atoms with Gasteiger partial charge < -0.3 is 19.5 Å². The van der Waals surface area contributed by atoms with Crippen LogP contribution in [-0.2, 0) is 9.53 Å². The van der Waals surface area contributed by atoms with Crippen LogP contribution in [0.25, 0.3) is 6.08 Å². The number of ether oxygens (including phenoxy) is 1. The number of hydrogen-bond acceptors (Lipinski definition) is 4. The molecule has 6 nitrogen and oxygen atoms in total. The Morgan fingerprint density at radius 1 is 1.48 bits per heavy atom. The van der Waals surface area contributed by atoms with Crippen LogP contribution in [0.15, 0.2) is 35.1 Å². The number of esters is 1. The van der Waals surface area contributed by atoms with Crippen molar-refractivity contribution in [3.05, 3.63) is 47.7 Å². The summed E-state index contributed by atoms with van der Waals surface area (Å²) in [4.78, 5) is 26.6. The van der Waals surface area contributed by atoms with E-state index in [1.165, 1.54) is 12.3 Å². The maximum absolute atomic E-state index is 11.8. The van der Waals surface area contributed by atoms with E-state index < -0.39 is 5.97 Å². The first-order chi connectivity index (χ1) is 10.1. The number of amides is 1. The fourth-order valence-corrected chi connectivity index (χ4v) is 1.81. The van der Waals surface area contributed by atoms with Crippen molar-refractivity contribution in [1.29, 1.82) is 0 Å². The Bertz CT molecular complexity index is 653. The lowest BCUT2D eigenvalue weighted by Crippen LogP contribution is -2.13. The predicted octanol–water partition coefficient (Wildman–Crippen LogP) is 2.74. The van der Waals surface area contributed by atoms with Gasteiger partial charge in [0.05, 0.1) is 18.6 Å². The van der Waals surface area contributed by atoms with Crippen molar-refractivity contribution in [3.8, 4) is 0 Å². The van der Waals surface area contributed by atoms with Gasteiger partial charge in [-0.05, 0) is 32.1 Å². The molecule has 1 amide bonds. The number of H-pyrrole nitrogens is 1. The monoisotopic (exact) mass is 288 g/mol. The molecule has 0 spiro atoms. The molecule has 0 radical (unpaired) electrons. The molecule has 6 heteroatoms. The van der Waals surface area contributed by atoms with E-state index >= 15 is 0 Å². The molecule has 0 bridgehead atoms. The Morgan fingerprint density at radius 3 is 2.95 bits per heavy atom. The Labute approximate surface area is 121 Å². The van der Waals surface area contributed by atoms with Crippen LogP contribution < -0.4 is 5.32 Å². The molecule has 2 rings (SSSR count). The normalized spacial score (nSPS) is 10.8. The number of aromatic amines is 1. The predicted molar refractivity (Wildman–Crippen MR) is 77.9 cm³/mol. The van der Waals surface area contributed by atoms with E-state index in [2.05, 4.69) is 10.3 Å². The third-order valence-electron chi connectivity index (χ3n) is 2.76. The third-order valence-corrected chi connectivity index (χ3v) is 2.76. The molecular formula is C15H16N2O4. The van der Waals surface area contributed by atoms with E-state index in [1.54, 1.807) is 38.3 Å². The van der Waals surface area contributed by atoms with Gasteiger partial charge >= 0.3 is 5.97 Å². The van der Waals surface area contributed by atoms with Crippen LogP contribution in [0.2, 0.25) is 0 Å². The quantitative estimate of drug-likeness (QED) is 0.654. The van der Waals surface area contributed by atoms with Crippen molar-refractivity contribution >= 4 is 23.6 Å². The minimum atomic E-state index is -0.471. The summed E-state index contributed by atoms with van der Waals surface area (Å²) in [6.45, 7) is 3.74. The first kappa shape index (κ1) is 14.6. The summed E-state index contributed by atoms with van der Waals surface area (Å²) in [5, 5.41) is 2.63. The number of aromatic nitrogens is 1. The average Bonchev–Trinajstić information content (AvgIpc) is 3.07. The molecular weight excluding hydrogens is 272 g/mol. The Morgan fingerprint density at radius 2 is 2.29 bits per heavy atom. The van der Waals surface area contributed by atoms with E-state index in [1.807, 2.05) is 0 Å². The Kier molecular flexibility index (Phi) is 4.61. The summed E-state index contributed by atoms with van der Waals surface area (Å²) in [7, 11) is 0. The van der Waals surface area contributed by atoms with Crippen molar-refractivity contribution in [2.24, 2.45) is 0 Å². The van der Waals surface area contributed by atoms with Gasteiger partial charge in [-0.1, -0.05) is 0 Å². The average molecular weight is 288 g/mol. The third kappa shape index (κ3) is 3.62. The lowest BCUT2D eigenvalue weighted by Gasteiger charge is -2.05. The van der Waals surface area contributed by atoms with Gasteiger partial charge in [-0.25, -0.2) is 4.79 Å². The zero-order valence-electron chi connectivity index (χ0n) is 11.8. The van der Waals surface area contributed by atoms with Crippen LogP contribution in [0.5, 0.6) is 0 Å². The molecule has 2 heterocycles. The molecule has 0 saturated carbocycles. The molecule has 21 heavy (non-hydrogen) atoms. The van der Waals surface area contributed by atoms with Gasteiger partial charge in [-0.3, -0.25) is 4.79 Å². The standard InChI is InChI=1S/C15H16N2O4/c1-3-20-15(19)14-10(2)16-9-12(14)17-13(18)7-6-11-5-4-8-21-11/h4-9,16H,3H2,1-2H3,(H,17,18)/b7-6+. The zero-order valence-corrected chi connectivity index (χ0v) is 11.8. The van der Waals surface area contributed by atoms with Gasteiger partial charge in [0.1, 0.15) is 11.3 Å². The number of hydrogen-bond donors (Lipinski definition) is 2. The first-order valence-electron chi connectivity index (χ1n) is 6.49. The van der Waals surface area contributed by atoms with Crippen molar-refractivity contribution in [3.63, 3.8) is 0 Å². The highest BCUT2D eigenvalue weighted by atomic mass is 16.5. The Hall–Kier alpha value is -2.76. The van der Waals surface area contributed by atoms with Crippen LogP contribution in [0.3, 0.4) is 0 Å². The van der Waals surface area contributed by atoms with Gasteiger partial charge in [0.15, 0.2) is 0 Å². The summed E-state index contributed by atoms with van der Waals surface area (Å²) >= 11 is 0. The SMILES string of the molecule is CCOC(=O)c1c(NC(=O)/C=C/c2ccco2)c[nH]c1C. The lowest BCUT2D eigenvalue weighted by molar-refractivity contribution is -0.111. The number of rotatable bonds is 5. The number of carbonyl (C=O) groups excluding carboxylic acids is 2. The fraction of sp³-hybridized carbons (Fsp3) is 0.200. The second-order valence-electron chi connectivity index (χ2n) is 4.26. The van der Waals surface area contributed by atoms with Crippen molar-refractivity contribution in [2.75, 3.05) is 11.9 Å². The first-order valence-corrected chi connectivity index (χ1v) is 6.49. The van der Waals surface area contributed by atoms with Crippen LogP contribution in [0.1, 0.15) is 28.7 Å². The molecule has 110 valence electrons. The second-order valence-corrected chi connectivity index (χ2v) is 4.26. The highest BCUT2D eigenvalue weighted by Gasteiger charge is 2.18. The topological polar surface area (TPSA) is 84.3 Å². The molecule has 0 aromatic carbocycles. The number of furan rings is 1. The summed E-state index contributed by atoms with van der Waals surface area (Å²) in [5.74, 6) is -0.265. The molecule has 0 atom stereocenters. The number of carbonyl (C=O) groups is 2. The molecule has 0 aliphatic rings. The molecule has 2 N–H and O–H groups in total. The summed E-state index contributed by atoms with van der Waals surface area (Å²) in [5.41, 5.74) is 1.36. The summed E-state index contributed by atoms with van der Waals surface area (Å²) in [6, 6.07) is 3.46. The van der Waals surface area contributed by atoms with Crippen molar-refractivity contribution < 1.29 is 18.7 Å². The van der Waals surface area contributed by atoms with E-state index in [9.17, 15) is 9.59 Å². The van der Waals surface area contributed by atoms with Gasteiger partial charge in [-0.15, -0.1) is 0 Å². The summed E-state index contributed by atoms with van der Waals surface area (Å²) < 4.78 is 10.0. The van der Waals surface area contributed by atoms with Crippen LogP contribution in [0.4, 0.5) is 5.69 Å². The van der Waals surface area contributed by atoms with E-state index in [4.69, 9.17) is 9.15 Å². The van der Waals surface area contributed by atoms with E-state index in [0.717, 1.165) is 0 Å². The molecule has 0 aliphatic carbocycles. The van der Waals surface area contributed by atoms with Crippen LogP contribution in [-0.4, -0.2) is 23.5 Å². The minimum absolute atomic E-state index is 0.273. The molecule has 0 aliphatic heterocycles. The van der Waals surface area contributed by atoms with Crippen LogP contribution in [0, 0.1) is 6.92 Å². The smallest absolute Gasteiger partial charge is 0.342 e. The van der Waals surface area contributed by atoms with E-state index in [0.29, 0.717) is 22.7 Å². The van der Waals surface area contributed by atoms with Crippen molar-refractivity contribution in [1.82, 2.24) is 4.98 Å². The summed E-state index contributed by atoms with van der Waals surface area (Å²) in [6.07, 6.45) is 5.95. The molecule has 0 fully saturated rings. The highest BCUT2D eigenvalue weighted by molar-refractivity contribution is 6.06. The van der Waals surface area contributed by atoms with Gasteiger partial charge in [0, 0.05) is 18.0 Å². The van der Waals surface area contributed by atoms with Gasteiger partial charge in [0.25, 0.3) is 0 Å². The number of anilines is 1. The molecule has 2 aromatic heterocycles. The number of aryl methyl sites for hydroxylation is 1. The molecule has 2 aromatic rings. The fourth-order valence-electron chi connectivity index (χ4n) is 1.81. The molecule has 0 saturated heterocycles. The zero-order chi connectivity index (χ0) is 15.2.